The number of carbonyl (C=O) groups is 6. The summed E-state index contributed by atoms with van der Waals surface area (Å²) < 4.78 is 30.0. The number of unbranched alkanes of at least 4 members (excludes halogenated alkanes) is 1. The van der Waals surface area contributed by atoms with Gasteiger partial charge in [-0.05, 0) is 54.4 Å². The van der Waals surface area contributed by atoms with Crippen LogP contribution >= 0.6 is 0 Å². The number of carbonyl (C=O) groups excluding carboxylic acids is 4. The minimum atomic E-state index is -3.53. The van der Waals surface area contributed by atoms with E-state index in [9.17, 15) is 39.0 Å². The van der Waals surface area contributed by atoms with Crippen molar-refractivity contribution in [3.63, 3.8) is 0 Å². The number of Topliss-reactive ketones (excluding diaryl/α,β-unsaturated/α-hetero) is 4. The summed E-state index contributed by atoms with van der Waals surface area (Å²) in [7, 11) is 0. The smallest absolute Gasteiger partial charge is 0 e. The molecule has 18 heteroatoms. The van der Waals surface area contributed by atoms with E-state index in [0.717, 1.165) is 47.1 Å². The van der Waals surface area contributed by atoms with Gasteiger partial charge in [0.15, 0.2) is 17.7 Å². The molecule has 5 atom stereocenters. The van der Waals surface area contributed by atoms with Crippen LogP contribution in [-0.2, 0) is 110 Å². The zero-order valence-electron chi connectivity index (χ0n) is 32.0. The van der Waals surface area contributed by atoms with Crippen LogP contribution in [0.15, 0.2) is 0 Å². The molecule has 50 heavy (non-hydrogen) atoms. The molecule has 5 unspecified atom stereocenters. The molecule has 0 aliphatic carbocycles. The molecule has 286 valence electrons. The van der Waals surface area contributed by atoms with Crippen molar-refractivity contribution in [3.8, 4) is 0 Å². The van der Waals surface area contributed by atoms with Crippen LogP contribution in [0.1, 0.15) is 101 Å². The van der Waals surface area contributed by atoms with Crippen molar-refractivity contribution in [2.24, 2.45) is 5.92 Å². The maximum Gasteiger partial charge on any atom is 0 e. The predicted octanol–water partition coefficient (Wildman–Crippen LogP) is 3.25. The van der Waals surface area contributed by atoms with Crippen LogP contribution in [0.4, 0.5) is 0 Å². The quantitative estimate of drug-likeness (QED) is 0.0529. The van der Waals surface area contributed by atoms with Gasteiger partial charge >= 0.3 is 35.7 Å². The van der Waals surface area contributed by atoms with Gasteiger partial charge in [-0.15, -0.1) is 0 Å². The summed E-state index contributed by atoms with van der Waals surface area (Å²) in [4.78, 5) is 75.4. The molecule has 0 radical (unpaired) electrons. The maximum atomic E-state index is 13.8. The second kappa shape index (κ2) is 31.6. The minimum absolute atomic E-state index is 0. The average Bonchev–Trinajstić information content (AvgIpc) is 2.97. The Morgan fingerprint density at radius 3 is 1.36 bits per heavy atom. The molecule has 0 rings (SSSR count). The number of ether oxygens (including phenoxy) is 4. The van der Waals surface area contributed by atoms with Gasteiger partial charge in [-0.25, -0.2) is 9.59 Å². The van der Waals surface area contributed by atoms with Crippen LogP contribution in [0.2, 0.25) is 0 Å². The van der Waals surface area contributed by atoms with E-state index >= 15 is 0 Å². The number of ketones is 4. The van der Waals surface area contributed by atoms with E-state index in [1.54, 1.807) is 6.92 Å². The van der Waals surface area contributed by atoms with Gasteiger partial charge in [0.25, 0.3) is 11.6 Å². The number of carboxylic acid groups (broad SMARTS) is 2. The molecule has 0 fully saturated rings. The molecule has 0 aromatic carbocycles. The van der Waals surface area contributed by atoms with Crippen LogP contribution < -0.4 is 0 Å². The molecule has 15 nitrogen and oxygen atoms in total. The predicted molar refractivity (Wildman–Crippen MR) is 170 cm³/mol. The topological polar surface area (TPSA) is 237 Å². The Labute approximate surface area is 334 Å². The summed E-state index contributed by atoms with van der Waals surface area (Å²) in [5.74, 6) is -15.6. The van der Waals surface area contributed by atoms with Crippen molar-refractivity contribution >= 4 is 35.1 Å². The van der Waals surface area contributed by atoms with E-state index < -0.39 is 76.5 Å². The standard InChI is InChI=1S/C24H40O11.C6H12O3.2CH3.O.Ti.2Zn/c1-10-13-18(19(27)23(16(8)25,32-11-2)34-14(4)5)22(31,21(29)30)20(28)24(17(9)26,33-12-3)35-15(6)7;1-2-3-4-5(7)6(8)9;;;;;;/h14-15,18,31H,10-13H2,1-9H3,(H,29,30);5,7H,2-4H2,1H3,(H,8,9);2*1H3;;;;/q;;2*-1;;;;. The Morgan fingerprint density at radius 2 is 1.08 bits per heavy atom. The largest absolute Gasteiger partial charge is 0 e. The molecule has 0 bridgehead atoms. The minimum Gasteiger partial charge on any atom is 0 e. The van der Waals surface area contributed by atoms with Gasteiger partial charge in [-0.3, -0.25) is 19.2 Å². The molecular weight excluding hydrogens is 803 g/mol. The first-order valence-corrected chi connectivity index (χ1v) is 15.7. The van der Waals surface area contributed by atoms with Crippen molar-refractivity contribution in [2.75, 3.05) is 13.2 Å². The van der Waals surface area contributed by atoms with Crippen molar-refractivity contribution < 1.29 is 131 Å². The van der Waals surface area contributed by atoms with E-state index in [2.05, 4.69) is 0 Å². The monoisotopic (exact) mass is 858 g/mol. The molecule has 0 saturated carbocycles. The first-order valence-electron chi connectivity index (χ1n) is 15.0. The number of hydrogen-bond donors (Lipinski definition) is 4. The maximum absolute atomic E-state index is 13.8. The molecule has 0 aromatic heterocycles. The Bertz CT molecular complexity index is 1010. The Kier molecular flexibility index (Phi) is 40.6. The normalized spacial score (nSPS) is 14.9. The summed E-state index contributed by atoms with van der Waals surface area (Å²) in [5.41, 5.74) is -3.53. The first kappa shape index (κ1) is 64.1. The van der Waals surface area contributed by atoms with Crippen LogP contribution in [0.3, 0.4) is 0 Å². The summed E-state index contributed by atoms with van der Waals surface area (Å²) >= 11 is 0.750. The van der Waals surface area contributed by atoms with Crippen molar-refractivity contribution in [1.82, 2.24) is 0 Å². The number of hydrogen-bond acceptors (Lipinski definition) is 13. The van der Waals surface area contributed by atoms with Crippen LogP contribution in [0, 0.1) is 20.8 Å². The van der Waals surface area contributed by atoms with E-state index in [-0.39, 0.29) is 79.9 Å². The molecule has 0 aliphatic heterocycles. The van der Waals surface area contributed by atoms with Crippen molar-refractivity contribution in [2.45, 2.75) is 137 Å². The molecule has 4 N–H and O–H groups in total. The van der Waals surface area contributed by atoms with Crippen LogP contribution in [0.25, 0.3) is 0 Å². The second-order valence-electron chi connectivity index (χ2n) is 10.6. The fraction of sp³-hybridized carbons (Fsp3) is 0.750. The molecule has 0 heterocycles. The molecule has 0 aromatic rings. The van der Waals surface area contributed by atoms with Gasteiger partial charge < -0.3 is 54.2 Å². The SMILES string of the molecule is CCCC(C(=O)C(OCC)(OC(C)C)C(C)=O)C(O)(C(=O)O)C(=O)C(OCC)(OC(C)C)C(C)=O.CCCCC(O)C(=O)O.[CH3-].[CH3-].[O]=[Ti].[Zn].[Zn]. The zero-order chi connectivity index (χ0) is 37.1. The second-order valence-corrected chi connectivity index (χ2v) is 10.6. The third kappa shape index (κ3) is 18.3. The summed E-state index contributed by atoms with van der Waals surface area (Å²) in [6.07, 6.45) is -0.882. The Morgan fingerprint density at radius 1 is 0.700 bits per heavy atom. The van der Waals surface area contributed by atoms with Gasteiger partial charge in [0.05, 0.1) is 18.1 Å². The van der Waals surface area contributed by atoms with E-state index in [0.29, 0.717) is 6.42 Å². The fourth-order valence-corrected chi connectivity index (χ4v) is 4.31. The number of aliphatic hydroxyl groups excluding tert-OH is 1. The number of carboxylic acids is 2. The van der Waals surface area contributed by atoms with Crippen molar-refractivity contribution in [1.29, 1.82) is 0 Å². The number of rotatable bonds is 22. The van der Waals surface area contributed by atoms with Gasteiger partial charge in [0.1, 0.15) is 0 Å². The third-order valence-corrected chi connectivity index (χ3v) is 6.24. The molecular formula is C32H58O15TiZn2-2. The average molecular weight is 861 g/mol. The summed E-state index contributed by atoms with van der Waals surface area (Å²) in [5, 5.41) is 38.4. The Hall–Kier alpha value is -0.859. The van der Waals surface area contributed by atoms with Crippen molar-refractivity contribution in [3.05, 3.63) is 14.9 Å². The van der Waals surface area contributed by atoms with Gasteiger partial charge in [0.2, 0.25) is 17.2 Å². The fourth-order valence-electron chi connectivity index (χ4n) is 4.31. The van der Waals surface area contributed by atoms with Gasteiger partial charge in [-0.1, -0.05) is 33.1 Å². The molecule has 0 amide bonds. The number of aliphatic hydroxyl groups is 2. The molecule has 0 saturated heterocycles. The van der Waals surface area contributed by atoms with E-state index in [1.165, 1.54) is 41.5 Å². The van der Waals surface area contributed by atoms with E-state index in [4.69, 9.17) is 32.5 Å². The van der Waals surface area contributed by atoms with Crippen LogP contribution in [-0.4, -0.2) is 104 Å². The number of aliphatic carboxylic acids is 2. The first-order chi connectivity index (χ1) is 21.2. The Balaban J connectivity index is -0.000000214. The summed E-state index contributed by atoms with van der Waals surface area (Å²) in [6, 6.07) is 0. The van der Waals surface area contributed by atoms with Gasteiger partial charge in [0, 0.05) is 66.0 Å². The van der Waals surface area contributed by atoms with Crippen LogP contribution in [0.5, 0.6) is 0 Å². The van der Waals surface area contributed by atoms with E-state index in [1.807, 2.05) is 6.92 Å². The third-order valence-electron chi connectivity index (χ3n) is 6.24. The van der Waals surface area contributed by atoms with Gasteiger partial charge in [-0.2, -0.15) is 0 Å². The zero-order valence-corrected chi connectivity index (χ0v) is 39.4. The molecule has 0 spiro atoms. The molecule has 0 aliphatic rings. The summed E-state index contributed by atoms with van der Waals surface area (Å²) in [6.45, 7) is 14.0.